The molecule has 0 saturated heterocycles. The first-order valence-electron chi connectivity index (χ1n) is 11.6. The van der Waals surface area contributed by atoms with Crippen molar-refractivity contribution in [2.24, 2.45) is 0 Å². The van der Waals surface area contributed by atoms with Gasteiger partial charge in [0.05, 0.1) is 23.0 Å². The van der Waals surface area contributed by atoms with Crippen molar-refractivity contribution < 1.29 is 31.4 Å². The third-order valence-corrected chi connectivity index (χ3v) is 9.17. The zero-order valence-corrected chi connectivity index (χ0v) is 21.5. The number of ether oxygens (including phenoxy) is 2. The zero-order chi connectivity index (χ0) is 26.3. The summed E-state index contributed by atoms with van der Waals surface area (Å²) in [6.07, 6.45) is 1.27. The van der Waals surface area contributed by atoms with Gasteiger partial charge in [0.15, 0.2) is 0 Å². The number of benzene rings is 4. The quantitative estimate of drug-likeness (QED) is 0.258. The molecule has 0 heterocycles. The summed E-state index contributed by atoms with van der Waals surface area (Å²) in [4.78, 5) is 0.232. The van der Waals surface area contributed by atoms with Crippen molar-refractivity contribution in [2.75, 3.05) is 13.2 Å². The number of aromatic hydroxyl groups is 1. The molecule has 0 aliphatic heterocycles. The summed E-state index contributed by atoms with van der Waals surface area (Å²) in [6.45, 7) is 0.682. The third kappa shape index (κ3) is 6.12. The Morgan fingerprint density at radius 3 is 1.73 bits per heavy atom. The topological polar surface area (TPSA) is 107 Å². The van der Waals surface area contributed by atoms with E-state index in [0.29, 0.717) is 37.6 Å². The van der Waals surface area contributed by atoms with E-state index in [-0.39, 0.29) is 25.3 Å². The molecule has 0 aromatic heterocycles. The predicted octanol–water partition coefficient (Wildman–Crippen LogP) is 5.30. The molecule has 0 spiro atoms. The van der Waals surface area contributed by atoms with Crippen molar-refractivity contribution in [3.8, 4) is 17.2 Å². The van der Waals surface area contributed by atoms with Gasteiger partial charge in [0, 0.05) is 0 Å². The number of phenolic OH excluding ortho intramolecular Hbond substituents is 1. The van der Waals surface area contributed by atoms with Crippen molar-refractivity contribution in [1.29, 1.82) is 0 Å². The highest BCUT2D eigenvalue weighted by molar-refractivity contribution is 7.92. The second-order valence-electron chi connectivity index (χ2n) is 8.11. The average Bonchev–Trinajstić information content (AvgIpc) is 2.92. The Kier molecular flexibility index (Phi) is 8.15. The maximum absolute atomic E-state index is 13.0. The van der Waals surface area contributed by atoms with Gasteiger partial charge in [0.1, 0.15) is 27.0 Å². The van der Waals surface area contributed by atoms with Crippen LogP contribution in [0.3, 0.4) is 0 Å². The van der Waals surface area contributed by atoms with Crippen molar-refractivity contribution in [3.05, 3.63) is 103 Å². The SMILES string of the molecule is O=S(=O)(c1ccc(OCCCCOc2ccccc2S(=O)(=O)c2ccccc2)cc1)c1ccccc1O. The summed E-state index contributed by atoms with van der Waals surface area (Å²) in [5, 5.41) is 9.89. The lowest BCUT2D eigenvalue weighted by atomic mass is 10.3. The summed E-state index contributed by atoms with van der Waals surface area (Å²) in [5.41, 5.74) is 0. The Morgan fingerprint density at radius 1 is 0.541 bits per heavy atom. The number of para-hydroxylation sites is 2. The van der Waals surface area contributed by atoms with Gasteiger partial charge in [0.2, 0.25) is 19.7 Å². The van der Waals surface area contributed by atoms with Gasteiger partial charge in [0.25, 0.3) is 0 Å². The first-order chi connectivity index (χ1) is 17.8. The minimum Gasteiger partial charge on any atom is -0.507 e. The molecule has 4 aromatic carbocycles. The van der Waals surface area contributed by atoms with E-state index >= 15 is 0 Å². The van der Waals surface area contributed by atoms with Gasteiger partial charge in [-0.05, 0) is 73.5 Å². The molecule has 0 bridgehead atoms. The minimum absolute atomic E-state index is 0.0545. The van der Waals surface area contributed by atoms with Gasteiger partial charge in [-0.2, -0.15) is 0 Å². The molecule has 0 fully saturated rings. The van der Waals surface area contributed by atoms with Crippen LogP contribution in [-0.2, 0) is 19.7 Å². The summed E-state index contributed by atoms with van der Waals surface area (Å²) in [5.74, 6) is 0.510. The van der Waals surface area contributed by atoms with Gasteiger partial charge in [-0.3, -0.25) is 0 Å². The van der Waals surface area contributed by atoms with E-state index < -0.39 is 19.7 Å². The fraction of sp³-hybridized carbons (Fsp3) is 0.143. The number of sulfone groups is 2. The summed E-state index contributed by atoms with van der Waals surface area (Å²) >= 11 is 0. The number of unbranched alkanes of at least 4 members (excludes halogenated alkanes) is 1. The molecule has 4 aromatic rings. The van der Waals surface area contributed by atoms with Crippen LogP contribution in [0, 0.1) is 0 Å². The van der Waals surface area contributed by atoms with Crippen LogP contribution >= 0.6 is 0 Å². The molecule has 192 valence electrons. The normalized spacial score (nSPS) is 11.7. The molecule has 0 atom stereocenters. The summed E-state index contributed by atoms with van der Waals surface area (Å²) < 4.78 is 62.9. The van der Waals surface area contributed by atoms with Crippen LogP contribution in [-0.4, -0.2) is 35.2 Å². The monoisotopic (exact) mass is 538 g/mol. The average molecular weight is 539 g/mol. The van der Waals surface area contributed by atoms with E-state index in [2.05, 4.69) is 0 Å². The Bertz CT molecular complexity index is 1550. The number of hydrogen-bond acceptors (Lipinski definition) is 7. The van der Waals surface area contributed by atoms with Crippen LogP contribution < -0.4 is 9.47 Å². The molecule has 0 aliphatic rings. The first kappa shape index (κ1) is 26.2. The lowest BCUT2D eigenvalue weighted by Gasteiger charge is -2.12. The highest BCUT2D eigenvalue weighted by Crippen LogP contribution is 2.30. The predicted molar refractivity (Wildman–Crippen MR) is 139 cm³/mol. The number of rotatable bonds is 11. The van der Waals surface area contributed by atoms with Crippen molar-refractivity contribution in [1.82, 2.24) is 0 Å². The van der Waals surface area contributed by atoms with Crippen LogP contribution in [0.2, 0.25) is 0 Å². The van der Waals surface area contributed by atoms with E-state index in [1.807, 2.05) is 0 Å². The maximum atomic E-state index is 13.0. The van der Waals surface area contributed by atoms with Crippen LogP contribution in [0.5, 0.6) is 17.2 Å². The van der Waals surface area contributed by atoms with Gasteiger partial charge < -0.3 is 14.6 Å². The lowest BCUT2D eigenvalue weighted by molar-refractivity contribution is 0.263. The van der Waals surface area contributed by atoms with E-state index in [4.69, 9.17) is 9.47 Å². The molecule has 4 rings (SSSR count). The molecule has 1 N–H and O–H groups in total. The molecular weight excluding hydrogens is 512 g/mol. The van der Waals surface area contributed by atoms with Gasteiger partial charge in [-0.1, -0.05) is 42.5 Å². The van der Waals surface area contributed by atoms with Crippen LogP contribution in [0.4, 0.5) is 0 Å². The zero-order valence-electron chi connectivity index (χ0n) is 19.9. The van der Waals surface area contributed by atoms with Gasteiger partial charge in [-0.15, -0.1) is 0 Å². The van der Waals surface area contributed by atoms with E-state index in [9.17, 15) is 21.9 Å². The van der Waals surface area contributed by atoms with E-state index in [0.717, 1.165) is 0 Å². The standard InChI is InChI=1S/C28H26O7S2/c29-25-12-4-6-14-27(25)36(30,31)24-18-16-22(17-19-24)34-20-8-9-21-35-26-13-5-7-15-28(26)37(32,33)23-10-2-1-3-11-23/h1-7,10-19,29H,8-9,20-21H2. The fourth-order valence-electron chi connectivity index (χ4n) is 3.62. The second-order valence-corrected chi connectivity index (χ2v) is 11.9. The fourth-order valence-corrected chi connectivity index (χ4v) is 6.39. The van der Waals surface area contributed by atoms with E-state index in [1.54, 1.807) is 72.8 Å². The Labute approximate surface area is 216 Å². The molecular formula is C28H26O7S2. The largest absolute Gasteiger partial charge is 0.507 e. The molecule has 0 saturated carbocycles. The molecule has 0 amide bonds. The van der Waals surface area contributed by atoms with Gasteiger partial charge >= 0.3 is 0 Å². The summed E-state index contributed by atoms with van der Waals surface area (Å²) in [6, 6.07) is 26.6. The molecule has 9 heteroatoms. The molecule has 0 aliphatic carbocycles. The highest BCUT2D eigenvalue weighted by Gasteiger charge is 2.22. The minimum atomic E-state index is -3.84. The van der Waals surface area contributed by atoms with Crippen molar-refractivity contribution in [2.45, 2.75) is 32.4 Å². The maximum Gasteiger partial charge on any atom is 0.210 e. The Hall–Kier alpha value is -3.82. The Morgan fingerprint density at radius 2 is 1.05 bits per heavy atom. The van der Waals surface area contributed by atoms with Crippen molar-refractivity contribution >= 4 is 19.7 Å². The first-order valence-corrected chi connectivity index (χ1v) is 14.5. The Balaban J connectivity index is 1.28. The van der Waals surface area contributed by atoms with Gasteiger partial charge in [-0.25, -0.2) is 16.8 Å². The molecule has 7 nitrogen and oxygen atoms in total. The van der Waals surface area contributed by atoms with Crippen molar-refractivity contribution in [3.63, 3.8) is 0 Å². The number of phenols is 1. The highest BCUT2D eigenvalue weighted by atomic mass is 32.2. The lowest BCUT2D eigenvalue weighted by Crippen LogP contribution is -2.07. The summed E-state index contributed by atoms with van der Waals surface area (Å²) in [7, 11) is -7.54. The molecule has 0 unspecified atom stereocenters. The third-order valence-electron chi connectivity index (χ3n) is 5.55. The number of hydrogen-bond donors (Lipinski definition) is 1. The second kappa shape index (κ2) is 11.5. The molecule has 37 heavy (non-hydrogen) atoms. The van der Waals surface area contributed by atoms with Crippen LogP contribution in [0.25, 0.3) is 0 Å². The van der Waals surface area contributed by atoms with Crippen LogP contribution in [0.15, 0.2) is 123 Å². The molecule has 0 radical (unpaired) electrons. The van der Waals surface area contributed by atoms with E-state index in [1.165, 1.54) is 30.3 Å². The van der Waals surface area contributed by atoms with Crippen LogP contribution in [0.1, 0.15) is 12.8 Å². The smallest absolute Gasteiger partial charge is 0.210 e.